The Kier molecular flexibility index (Phi) is 15.5. The first-order valence-electron chi connectivity index (χ1n) is 32.8. The van der Waals surface area contributed by atoms with E-state index in [0.717, 1.165) is 114 Å². The largest absolute Gasteiger partial charge is 0.236 e. The normalized spacial score (nSPS) is 11.6. The minimum absolute atomic E-state index is 0.625. The number of hydrogen-bond acceptors (Lipinski definition) is 10. The van der Waals surface area contributed by atoms with Crippen molar-refractivity contribution in [1.82, 2.24) is 49.8 Å². The molecular weight excluding hydrogens is 1200 g/mol. The van der Waals surface area contributed by atoms with Gasteiger partial charge in [-0.3, -0.25) is 0 Å². The zero-order chi connectivity index (χ0) is 65.1. The highest BCUT2D eigenvalue weighted by Gasteiger charge is 2.28. The molecule has 0 N–H and O–H groups in total. The van der Waals surface area contributed by atoms with Gasteiger partial charge in [-0.25, -0.2) is 49.8 Å². The zero-order valence-electron chi connectivity index (χ0n) is 53.1. The molecule has 18 rings (SSSR count). The number of benzene rings is 12. The number of hydrogen-bond donors (Lipinski definition) is 0. The van der Waals surface area contributed by atoms with Crippen LogP contribution in [0.2, 0.25) is 0 Å². The van der Waals surface area contributed by atoms with Gasteiger partial charge in [-0.15, -0.1) is 0 Å². The highest BCUT2D eigenvalue weighted by Crippen LogP contribution is 2.45. The molecule has 460 valence electrons. The summed E-state index contributed by atoms with van der Waals surface area (Å²) in [6.45, 7) is 0. The third kappa shape index (κ3) is 11.7. The van der Waals surface area contributed by atoms with Gasteiger partial charge in [-0.2, -0.15) is 0 Å². The lowest BCUT2D eigenvalue weighted by Crippen LogP contribution is -2.00. The maximum Gasteiger partial charge on any atom is 0.164 e. The molecule has 12 aromatic carbocycles. The maximum absolute atomic E-state index is 4.98. The summed E-state index contributed by atoms with van der Waals surface area (Å²) in [4.78, 5) is 48.8. The average Bonchev–Trinajstić information content (AvgIpc) is 1.58. The molecule has 2 aliphatic rings. The van der Waals surface area contributed by atoms with Gasteiger partial charge in [0, 0.05) is 79.6 Å². The van der Waals surface area contributed by atoms with Crippen molar-refractivity contribution in [1.29, 1.82) is 0 Å². The zero-order valence-corrected chi connectivity index (χ0v) is 53.1. The van der Waals surface area contributed by atoms with Gasteiger partial charge in [0.15, 0.2) is 34.9 Å². The van der Waals surface area contributed by atoms with Crippen molar-refractivity contribution < 1.29 is 0 Å². The van der Waals surface area contributed by atoms with Gasteiger partial charge in [-0.05, 0) is 92.0 Å². The second-order valence-electron chi connectivity index (χ2n) is 24.3. The van der Waals surface area contributed by atoms with E-state index in [2.05, 4.69) is 188 Å². The highest BCUT2D eigenvalue weighted by atomic mass is 15.0. The van der Waals surface area contributed by atoms with Crippen LogP contribution in [0, 0.1) is 0 Å². The maximum atomic E-state index is 4.98. The Balaban J connectivity index is 0.000000147. The van der Waals surface area contributed by atoms with E-state index in [9.17, 15) is 0 Å². The van der Waals surface area contributed by atoms with Crippen LogP contribution < -0.4 is 0 Å². The Morgan fingerprint density at radius 3 is 0.969 bits per heavy atom. The first-order valence-corrected chi connectivity index (χ1v) is 32.8. The fourth-order valence-corrected chi connectivity index (χ4v) is 13.4. The molecular formula is C88H58N10. The van der Waals surface area contributed by atoms with Gasteiger partial charge < -0.3 is 0 Å². The van der Waals surface area contributed by atoms with Crippen LogP contribution in [0.3, 0.4) is 0 Å². The van der Waals surface area contributed by atoms with Crippen molar-refractivity contribution in [2.75, 3.05) is 0 Å². The SMILES string of the molecule is c1ccc(-c2cc(-c3cccc(-c4nc(-c5ccccc5)nc(-c5ccccc5)n4)c3)cc(-c3ncnc4c3Cc3ccccc3-4)c2)cc1.c1ccc(-c2nc(-c3ccccc3)nc(-c3cccc(-c4cccc(-c5ncnc6c5Cc5c(-c7ccccc7)cccc5-6)c4)c3)n2)cc1. The van der Waals surface area contributed by atoms with Gasteiger partial charge in [0.25, 0.3) is 0 Å². The second kappa shape index (κ2) is 26.0. The fourth-order valence-electron chi connectivity index (χ4n) is 13.4. The van der Waals surface area contributed by atoms with Crippen molar-refractivity contribution in [2.24, 2.45) is 0 Å². The van der Waals surface area contributed by atoms with Crippen molar-refractivity contribution in [3.05, 3.63) is 350 Å². The monoisotopic (exact) mass is 1250 g/mol. The van der Waals surface area contributed by atoms with Crippen LogP contribution in [0.15, 0.2) is 328 Å². The molecule has 0 saturated carbocycles. The van der Waals surface area contributed by atoms with E-state index in [1.54, 1.807) is 12.7 Å². The number of rotatable bonds is 12. The summed E-state index contributed by atoms with van der Waals surface area (Å²) in [6.07, 6.45) is 5.00. The van der Waals surface area contributed by atoms with Crippen LogP contribution in [-0.4, -0.2) is 49.8 Å². The molecule has 0 bridgehead atoms. The first kappa shape index (κ1) is 58.6. The summed E-state index contributed by atoms with van der Waals surface area (Å²) in [7, 11) is 0. The molecule has 0 atom stereocenters. The van der Waals surface area contributed by atoms with Crippen molar-refractivity contribution >= 4 is 0 Å². The fraction of sp³-hybridized carbons (Fsp3) is 0.0227. The first-order chi connectivity index (χ1) is 48.5. The molecule has 0 radical (unpaired) electrons. The molecule has 98 heavy (non-hydrogen) atoms. The lowest BCUT2D eigenvalue weighted by Gasteiger charge is -2.14. The van der Waals surface area contributed by atoms with Crippen LogP contribution in [0.5, 0.6) is 0 Å². The molecule has 0 unspecified atom stereocenters. The van der Waals surface area contributed by atoms with E-state index in [1.165, 1.54) is 44.5 Å². The van der Waals surface area contributed by atoms with Crippen molar-refractivity contribution in [3.8, 4) is 158 Å². The molecule has 0 fully saturated rings. The number of aromatic nitrogens is 10. The topological polar surface area (TPSA) is 129 Å². The van der Waals surface area contributed by atoms with Crippen LogP contribution in [0.4, 0.5) is 0 Å². The quantitative estimate of drug-likeness (QED) is 0.117. The summed E-state index contributed by atoms with van der Waals surface area (Å²) >= 11 is 0. The van der Waals surface area contributed by atoms with E-state index in [0.29, 0.717) is 34.9 Å². The lowest BCUT2D eigenvalue weighted by atomic mass is 9.93. The van der Waals surface area contributed by atoms with Crippen LogP contribution >= 0.6 is 0 Å². The third-order valence-electron chi connectivity index (χ3n) is 18.2. The second-order valence-corrected chi connectivity index (χ2v) is 24.3. The van der Waals surface area contributed by atoms with E-state index in [1.807, 2.05) is 127 Å². The molecule has 0 spiro atoms. The minimum atomic E-state index is 0.625. The Bertz CT molecular complexity index is 5500. The van der Waals surface area contributed by atoms with E-state index in [4.69, 9.17) is 49.8 Å². The summed E-state index contributed by atoms with van der Waals surface area (Å²) in [6, 6.07) is 109. The van der Waals surface area contributed by atoms with Gasteiger partial charge >= 0.3 is 0 Å². The van der Waals surface area contributed by atoms with E-state index in [-0.39, 0.29) is 0 Å². The molecule has 4 aromatic heterocycles. The summed E-state index contributed by atoms with van der Waals surface area (Å²) in [5.74, 6) is 3.83. The van der Waals surface area contributed by atoms with Crippen LogP contribution in [0.1, 0.15) is 22.3 Å². The van der Waals surface area contributed by atoms with Crippen molar-refractivity contribution in [3.63, 3.8) is 0 Å². The van der Waals surface area contributed by atoms with E-state index < -0.39 is 0 Å². The van der Waals surface area contributed by atoms with Crippen molar-refractivity contribution in [2.45, 2.75) is 12.8 Å². The third-order valence-corrected chi connectivity index (χ3v) is 18.2. The molecule has 10 nitrogen and oxygen atoms in total. The molecule has 0 amide bonds. The smallest absolute Gasteiger partial charge is 0.164 e. The summed E-state index contributed by atoms with van der Waals surface area (Å²) in [5.41, 5.74) is 28.1. The van der Waals surface area contributed by atoms with E-state index >= 15 is 0 Å². The predicted octanol–water partition coefficient (Wildman–Crippen LogP) is 20.5. The summed E-state index contributed by atoms with van der Waals surface area (Å²) < 4.78 is 0. The van der Waals surface area contributed by atoms with Gasteiger partial charge in [-0.1, -0.05) is 279 Å². The van der Waals surface area contributed by atoms with Gasteiger partial charge in [0.1, 0.15) is 12.7 Å². The molecule has 2 aliphatic carbocycles. The molecule has 4 heterocycles. The lowest BCUT2D eigenvalue weighted by molar-refractivity contribution is 1.07. The number of fused-ring (bicyclic) bond motifs is 6. The predicted molar refractivity (Wildman–Crippen MR) is 393 cm³/mol. The Morgan fingerprint density at radius 2 is 0.469 bits per heavy atom. The van der Waals surface area contributed by atoms with Gasteiger partial charge in [0.2, 0.25) is 0 Å². The Labute approximate surface area is 567 Å². The molecule has 10 heteroatoms. The number of nitrogens with zero attached hydrogens (tertiary/aromatic N) is 10. The minimum Gasteiger partial charge on any atom is -0.236 e. The highest BCUT2D eigenvalue weighted by molar-refractivity contribution is 5.89. The summed E-state index contributed by atoms with van der Waals surface area (Å²) in [5, 5.41) is 0. The van der Waals surface area contributed by atoms with Crippen LogP contribution in [-0.2, 0) is 12.8 Å². The van der Waals surface area contributed by atoms with Gasteiger partial charge in [0.05, 0.1) is 22.8 Å². The Morgan fingerprint density at radius 1 is 0.173 bits per heavy atom. The Hall–Kier alpha value is -13.2. The molecule has 16 aromatic rings. The average molecular weight is 1260 g/mol. The standard InChI is InChI=1S/2C44H29N5/c1-4-13-29(14-5-1)36-23-12-24-37-38(36)27-39-40(45-28-46-41(37)39)34-21-10-19-32(25-34)33-20-11-22-35(26-33)44-48-42(30-15-6-2-7-16-30)47-43(49-44)31-17-8-3-9-18-31;1-4-13-29(14-5-1)35-24-36(26-37(25-35)40-39-27-33-19-10-11-22-38(33)41(39)46-28-45-40)32-20-12-21-34(23-32)44-48-42(30-15-6-2-7-16-30)47-43(49-44)31-17-8-3-9-18-31/h2*1-26,28H,27H2. The van der Waals surface area contributed by atoms with Crippen LogP contribution in [0.25, 0.3) is 158 Å². The molecule has 0 aliphatic heterocycles. The molecule has 0 saturated heterocycles.